The minimum Gasteiger partial charge on any atom is -0.384 e. The van der Waals surface area contributed by atoms with Crippen molar-refractivity contribution in [1.82, 2.24) is 14.8 Å². The number of hydrogen-bond acceptors (Lipinski definition) is 3. The van der Waals surface area contributed by atoms with Gasteiger partial charge in [0.2, 0.25) is 0 Å². The highest BCUT2D eigenvalue weighted by atomic mass is 19.1. The van der Waals surface area contributed by atoms with Crippen molar-refractivity contribution in [2.24, 2.45) is 0 Å². The molecule has 5 heteroatoms. The molecular formula is C17H17FN4. The number of pyridine rings is 1. The van der Waals surface area contributed by atoms with E-state index in [9.17, 15) is 4.39 Å². The van der Waals surface area contributed by atoms with Gasteiger partial charge in [-0.05, 0) is 55.8 Å². The second-order valence-corrected chi connectivity index (χ2v) is 5.44. The second-order valence-electron chi connectivity index (χ2n) is 5.44. The van der Waals surface area contributed by atoms with Crippen molar-refractivity contribution in [3.05, 3.63) is 54.6 Å². The molecule has 0 spiro atoms. The third-order valence-electron chi connectivity index (χ3n) is 3.47. The standard InChI is InChI=1S/C17H17FN4/c1-11(2)22-10-15(13-7-8-20-16(19)9-13)17(21-22)12-3-5-14(18)6-4-12/h3-11H,1-2H3,(H2,19,20). The Morgan fingerprint density at radius 1 is 1.09 bits per heavy atom. The monoisotopic (exact) mass is 296 g/mol. The van der Waals surface area contributed by atoms with E-state index in [1.54, 1.807) is 18.3 Å². The first-order valence-corrected chi connectivity index (χ1v) is 7.11. The van der Waals surface area contributed by atoms with Crippen molar-refractivity contribution in [3.8, 4) is 22.4 Å². The van der Waals surface area contributed by atoms with Crippen LogP contribution in [0.25, 0.3) is 22.4 Å². The highest BCUT2D eigenvalue weighted by molar-refractivity contribution is 5.81. The average Bonchev–Trinajstić information content (AvgIpc) is 2.93. The lowest BCUT2D eigenvalue weighted by Gasteiger charge is -2.03. The summed E-state index contributed by atoms with van der Waals surface area (Å²) in [5, 5.41) is 4.65. The molecule has 4 nitrogen and oxygen atoms in total. The van der Waals surface area contributed by atoms with Crippen LogP contribution in [0.5, 0.6) is 0 Å². The zero-order valence-electron chi connectivity index (χ0n) is 12.5. The van der Waals surface area contributed by atoms with Crippen LogP contribution in [-0.4, -0.2) is 14.8 Å². The molecule has 0 fully saturated rings. The summed E-state index contributed by atoms with van der Waals surface area (Å²) in [5.41, 5.74) is 9.35. The molecule has 1 aromatic carbocycles. The molecule has 0 atom stereocenters. The van der Waals surface area contributed by atoms with Gasteiger partial charge < -0.3 is 5.73 Å². The van der Waals surface area contributed by atoms with Gasteiger partial charge in [0.05, 0.1) is 0 Å². The Labute approximate surface area is 128 Å². The topological polar surface area (TPSA) is 56.7 Å². The number of halogens is 1. The Hall–Kier alpha value is -2.69. The Bertz CT molecular complexity index is 791. The van der Waals surface area contributed by atoms with Crippen LogP contribution in [0, 0.1) is 5.82 Å². The summed E-state index contributed by atoms with van der Waals surface area (Å²) in [6, 6.07) is 10.3. The maximum absolute atomic E-state index is 13.2. The van der Waals surface area contributed by atoms with Gasteiger partial charge in [-0.2, -0.15) is 5.10 Å². The third kappa shape index (κ3) is 2.70. The van der Waals surface area contributed by atoms with E-state index in [-0.39, 0.29) is 11.9 Å². The van der Waals surface area contributed by atoms with Gasteiger partial charge >= 0.3 is 0 Å². The fraction of sp³-hybridized carbons (Fsp3) is 0.176. The lowest BCUT2D eigenvalue weighted by atomic mass is 10.0. The van der Waals surface area contributed by atoms with E-state index in [1.807, 2.05) is 23.0 Å². The van der Waals surface area contributed by atoms with E-state index in [4.69, 9.17) is 5.73 Å². The van der Waals surface area contributed by atoms with Crippen LogP contribution in [-0.2, 0) is 0 Å². The van der Waals surface area contributed by atoms with Crippen molar-refractivity contribution in [3.63, 3.8) is 0 Å². The van der Waals surface area contributed by atoms with E-state index in [1.165, 1.54) is 12.1 Å². The van der Waals surface area contributed by atoms with Crippen molar-refractivity contribution in [2.75, 3.05) is 5.73 Å². The van der Waals surface area contributed by atoms with Gasteiger partial charge in [-0.15, -0.1) is 0 Å². The Morgan fingerprint density at radius 3 is 2.45 bits per heavy atom. The van der Waals surface area contributed by atoms with E-state index >= 15 is 0 Å². The third-order valence-corrected chi connectivity index (χ3v) is 3.47. The van der Waals surface area contributed by atoms with Crippen molar-refractivity contribution in [1.29, 1.82) is 0 Å². The van der Waals surface area contributed by atoms with Crippen LogP contribution in [0.2, 0.25) is 0 Å². The van der Waals surface area contributed by atoms with Gasteiger partial charge in [-0.1, -0.05) is 0 Å². The molecular weight excluding hydrogens is 279 g/mol. The van der Waals surface area contributed by atoms with Crippen molar-refractivity contribution in [2.45, 2.75) is 19.9 Å². The number of aromatic nitrogens is 3. The molecule has 2 aromatic heterocycles. The van der Waals surface area contributed by atoms with E-state index in [0.29, 0.717) is 5.82 Å². The molecule has 2 N–H and O–H groups in total. The van der Waals surface area contributed by atoms with Gasteiger partial charge in [0.25, 0.3) is 0 Å². The number of hydrogen-bond donors (Lipinski definition) is 1. The van der Waals surface area contributed by atoms with Crippen LogP contribution in [0.1, 0.15) is 19.9 Å². The first-order valence-electron chi connectivity index (χ1n) is 7.11. The lowest BCUT2D eigenvalue weighted by molar-refractivity contribution is 0.534. The number of rotatable bonds is 3. The minimum absolute atomic E-state index is 0.229. The Kier molecular flexibility index (Phi) is 3.63. The average molecular weight is 296 g/mol. The number of benzene rings is 1. The quantitative estimate of drug-likeness (QED) is 0.797. The summed E-state index contributed by atoms with van der Waals surface area (Å²) in [7, 11) is 0. The van der Waals surface area contributed by atoms with E-state index in [0.717, 1.165) is 22.4 Å². The summed E-state index contributed by atoms with van der Waals surface area (Å²) >= 11 is 0. The molecule has 0 radical (unpaired) electrons. The highest BCUT2D eigenvalue weighted by Crippen LogP contribution is 2.32. The molecule has 3 aromatic rings. The SMILES string of the molecule is CC(C)n1cc(-c2ccnc(N)c2)c(-c2ccc(F)cc2)n1. The molecule has 0 bridgehead atoms. The zero-order valence-corrected chi connectivity index (χ0v) is 12.5. The number of anilines is 1. The Balaban J connectivity index is 2.18. The zero-order chi connectivity index (χ0) is 15.7. The van der Waals surface area contributed by atoms with E-state index < -0.39 is 0 Å². The molecule has 0 amide bonds. The largest absolute Gasteiger partial charge is 0.384 e. The summed E-state index contributed by atoms with van der Waals surface area (Å²) in [4.78, 5) is 4.02. The van der Waals surface area contributed by atoms with Crippen LogP contribution in [0.3, 0.4) is 0 Å². The number of nitrogens with two attached hydrogens (primary N) is 1. The molecule has 2 heterocycles. The smallest absolute Gasteiger partial charge is 0.123 e. The summed E-state index contributed by atoms with van der Waals surface area (Å²) < 4.78 is 15.1. The number of nitrogens with zero attached hydrogens (tertiary/aromatic N) is 3. The molecule has 0 unspecified atom stereocenters. The Morgan fingerprint density at radius 2 is 1.82 bits per heavy atom. The van der Waals surface area contributed by atoms with Crippen LogP contribution >= 0.6 is 0 Å². The lowest BCUT2D eigenvalue weighted by Crippen LogP contribution is -2.00. The minimum atomic E-state index is -0.262. The van der Waals surface area contributed by atoms with Gasteiger partial charge in [0.15, 0.2) is 0 Å². The van der Waals surface area contributed by atoms with Crippen LogP contribution < -0.4 is 5.73 Å². The molecule has 0 saturated carbocycles. The van der Waals surface area contributed by atoms with Crippen LogP contribution in [0.4, 0.5) is 10.2 Å². The fourth-order valence-corrected chi connectivity index (χ4v) is 2.30. The van der Waals surface area contributed by atoms with Gasteiger partial charge in [0, 0.05) is 29.6 Å². The van der Waals surface area contributed by atoms with E-state index in [2.05, 4.69) is 23.9 Å². The first kappa shape index (κ1) is 14.3. The van der Waals surface area contributed by atoms with Gasteiger partial charge in [-0.3, -0.25) is 4.68 Å². The predicted octanol–water partition coefficient (Wildman–Crippen LogP) is 3.91. The van der Waals surface area contributed by atoms with Gasteiger partial charge in [-0.25, -0.2) is 9.37 Å². The molecule has 22 heavy (non-hydrogen) atoms. The molecule has 0 aliphatic heterocycles. The summed E-state index contributed by atoms with van der Waals surface area (Å²) in [6.07, 6.45) is 3.66. The molecule has 3 rings (SSSR count). The molecule has 0 saturated heterocycles. The van der Waals surface area contributed by atoms with Gasteiger partial charge in [0.1, 0.15) is 17.3 Å². The highest BCUT2D eigenvalue weighted by Gasteiger charge is 2.15. The maximum atomic E-state index is 13.2. The fourth-order valence-electron chi connectivity index (χ4n) is 2.30. The predicted molar refractivity (Wildman–Crippen MR) is 85.6 cm³/mol. The second kappa shape index (κ2) is 5.60. The first-order chi connectivity index (χ1) is 10.5. The number of nitrogen functional groups attached to an aromatic ring is 1. The summed E-state index contributed by atoms with van der Waals surface area (Å²) in [6.45, 7) is 4.12. The van der Waals surface area contributed by atoms with Crippen molar-refractivity contribution < 1.29 is 4.39 Å². The molecule has 0 aliphatic carbocycles. The normalized spacial score (nSPS) is 11.1. The molecule has 112 valence electrons. The maximum Gasteiger partial charge on any atom is 0.123 e. The molecule has 0 aliphatic rings. The summed E-state index contributed by atoms with van der Waals surface area (Å²) in [5.74, 6) is 0.196. The van der Waals surface area contributed by atoms with Crippen molar-refractivity contribution >= 4 is 5.82 Å². The van der Waals surface area contributed by atoms with Crippen LogP contribution in [0.15, 0.2) is 48.8 Å².